The molecule has 3 aromatic carbocycles. The molecule has 0 spiro atoms. The van der Waals surface area contributed by atoms with Crippen molar-refractivity contribution in [1.82, 2.24) is 0 Å². The summed E-state index contributed by atoms with van der Waals surface area (Å²) in [4.78, 5) is 27.2. The number of nitrogens with one attached hydrogen (secondary N) is 3. The summed E-state index contributed by atoms with van der Waals surface area (Å²) in [5, 5.41) is 9.00. The average molecular weight is 429 g/mol. The number of rotatable bonds is 7. The molecule has 2 amide bonds. The largest absolute Gasteiger partial charge is 0.376 e. The van der Waals surface area contributed by atoms with Crippen LogP contribution in [0.4, 0.5) is 22.7 Å². The molecule has 0 aromatic heterocycles. The van der Waals surface area contributed by atoms with Crippen molar-refractivity contribution >= 4 is 34.6 Å². The predicted octanol–water partition coefficient (Wildman–Crippen LogP) is 4.90. The van der Waals surface area contributed by atoms with E-state index < -0.39 is 0 Å². The zero-order valence-corrected chi connectivity index (χ0v) is 18.2. The SMILES string of the molecule is Cc1ccc(NC(=O)c2ccccc2)cc1NCC(=O)Nc1ccc(N2CCCC2)cc1. The van der Waals surface area contributed by atoms with E-state index in [1.807, 2.05) is 55.5 Å². The molecule has 1 aliphatic rings. The van der Waals surface area contributed by atoms with E-state index in [-0.39, 0.29) is 18.4 Å². The first kappa shape index (κ1) is 21.4. The van der Waals surface area contributed by atoms with E-state index in [9.17, 15) is 9.59 Å². The molecular weight excluding hydrogens is 400 g/mol. The number of carbonyl (C=O) groups excluding carboxylic acids is 2. The van der Waals surface area contributed by atoms with Gasteiger partial charge in [-0.2, -0.15) is 0 Å². The highest BCUT2D eigenvalue weighted by Gasteiger charge is 2.12. The molecule has 3 aromatic rings. The van der Waals surface area contributed by atoms with Gasteiger partial charge in [0.2, 0.25) is 5.91 Å². The second kappa shape index (κ2) is 10.0. The van der Waals surface area contributed by atoms with Crippen LogP contribution in [0.3, 0.4) is 0 Å². The summed E-state index contributed by atoms with van der Waals surface area (Å²) >= 11 is 0. The first-order valence-electron chi connectivity index (χ1n) is 10.9. The molecular formula is C26H28N4O2. The van der Waals surface area contributed by atoms with Gasteiger partial charge >= 0.3 is 0 Å². The van der Waals surface area contributed by atoms with Gasteiger partial charge in [-0.3, -0.25) is 9.59 Å². The maximum Gasteiger partial charge on any atom is 0.255 e. The second-order valence-corrected chi connectivity index (χ2v) is 7.99. The third-order valence-corrected chi connectivity index (χ3v) is 5.59. The molecule has 164 valence electrons. The number of aryl methyl sites for hydroxylation is 1. The fourth-order valence-corrected chi connectivity index (χ4v) is 3.79. The van der Waals surface area contributed by atoms with E-state index in [4.69, 9.17) is 0 Å². The lowest BCUT2D eigenvalue weighted by atomic mass is 10.1. The van der Waals surface area contributed by atoms with Crippen molar-refractivity contribution in [3.05, 3.63) is 83.9 Å². The lowest BCUT2D eigenvalue weighted by Gasteiger charge is -2.18. The second-order valence-electron chi connectivity index (χ2n) is 7.99. The molecule has 3 N–H and O–H groups in total. The van der Waals surface area contributed by atoms with Gasteiger partial charge in [0, 0.05) is 41.4 Å². The molecule has 1 heterocycles. The van der Waals surface area contributed by atoms with Gasteiger partial charge in [0.1, 0.15) is 0 Å². The number of hydrogen-bond donors (Lipinski definition) is 3. The van der Waals surface area contributed by atoms with E-state index in [0.29, 0.717) is 11.3 Å². The standard InChI is InChI=1S/C26H28N4O2/c1-19-9-10-22(29-26(32)20-7-3-2-4-8-20)17-24(19)27-18-25(31)28-21-11-13-23(14-12-21)30-15-5-6-16-30/h2-4,7-14,17,27H,5-6,15-16,18H2,1H3,(H,28,31)(H,29,32). The fourth-order valence-electron chi connectivity index (χ4n) is 3.79. The Hall–Kier alpha value is -3.80. The van der Waals surface area contributed by atoms with Gasteiger partial charge < -0.3 is 20.9 Å². The Morgan fingerprint density at radius 1 is 0.844 bits per heavy atom. The van der Waals surface area contributed by atoms with Gasteiger partial charge in [-0.25, -0.2) is 0 Å². The van der Waals surface area contributed by atoms with Crippen molar-refractivity contribution in [2.24, 2.45) is 0 Å². The van der Waals surface area contributed by atoms with Gasteiger partial charge in [0.25, 0.3) is 5.91 Å². The van der Waals surface area contributed by atoms with Gasteiger partial charge in [-0.1, -0.05) is 24.3 Å². The Bertz CT molecular complexity index is 1070. The van der Waals surface area contributed by atoms with Crippen LogP contribution < -0.4 is 20.9 Å². The molecule has 0 unspecified atom stereocenters. The van der Waals surface area contributed by atoms with Gasteiger partial charge in [0.05, 0.1) is 6.54 Å². The number of anilines is 4. The van der Waals surface area contributed by atoms with Crippen LogP contribution in [0.2, 0.25) is 0 Å². The molecule has 32 heavy (non-hydrogen) atoms. The Morgan fingerprint density at radius 2 is 1.53 bits per heavy atom. The van der Waals surface area contributed by atoms with Crippen LogP contribution in [0.15, 0.2) is 72.8 Å². The van der Waals surface area contributed by atoms with Crippen molar-refractivity contribution in [3.63, 3.8) is 0 Å². The molecule has 0 atom stereocenters. The summed E-state index contributed by atoms with van der Waals surface area (Å²) in [6.45, 7) is 4.28. The monoisotopic (exact) mass is 428 g/mol. The number of nitrogens with zero attached hydrogens (tertiary/aromatic N) is 1. The minimum Gasteiger partial charge on any atom is -0.376 e. The third-order valence-electron chi connectivity index (χ3n) is 5.59. The highest BCUT2D eigenvalue weighted by molar-refractivity contribution is 6.04. The van der Waals surface area contributed by atoms with Crippen molar-refractivity contribution in [1.29, 1.82) is 0 Å². The van der Waals surface area contributed by atoms with Crippen molar-refractivity contribution < 1.29 is 9.59 Å². The van der Waals surface area contributed by atoms with E-state index >= 15 is 0 Å². The topological polar surface area (TPSA) is 73.5 Å². The summed E-state index contributed by atoms with van der Waals surface area (Å²) in [6.07, 6.45) is 2.47. The maximum absolute atomic E-state index is 12.4. The van der Waals surface area contributed by atoms with E-state index in [1.54, 1.807) is 12.1 Å². The van der Waals surface area contributed by atoms with Crippen LogP contribution in [0.5, 0.6) is 0 Å². The summed E-state index contributed by atoms with van der Waals surface area (Å²) in [5.74, 6) is -0.299. The van der Waals surface area contributed by atoms with Crippen molar-refractivity contribution in [2.75, 3.05) is 40.5 Å². The third kappa shape index (κ3) is 5.46. The van der Waals surface area contributed by atoms with E-state index in [0.717, 1.165) is 30.0 Å². The number of carbonyl (C=O) groups is 2. The van der Waals surface area contributed by atoms with Gasteiger partial charge in [0.15, 0.2) is 0 Å². The predicted molar refractivity (Wildman–Crippen MR) is 131 cm³/mol. The Morgan fingerprint density at radius 3 is 2.25 bits per heavy atom. The Kier molecular flexibility index (Phi) is 6.70. The zero-order valence-electron chi connectivity index (χ0n) is 18.2. The first-order chi connectivity index (χ1) is 15.6. The summed E-state index contributed by atoms with van der Waals surface area (Å²) in [6, 6.07) is 22.7. The lowest BCUT2D eigenvalue weighted by molar-refractivity contribution is -0.114. The van der Waals surface area contributed by atoms with Crippen molar-refractivity contribution in [3.8, 4) is 0 Å². The summed E-state index contributed by atoms with van der Waals surface area (Å²) < 4.78 is 0. The normalized spacial score (nSPS) is 13.0. The highest BCUT2D eigenvalue weighted by atomic mass is 16.2. The number of benzene rings is 3. The van der Waals surface area contributed by atoms with Crippen LogP contribution >= 0.6 is 0 Å². The summed E-state index contributed by atoms with van der Waals surface area (Å²) in [5.41, 5.74) is 5.03. The molecule has 0 bridgehead atoms. The number of amides is 2. The zero-order chi connectivity index (χ0) is 22.3. The molecule has 6 heteroatoms. The highest BCUT2D eigenvalue weighted by Crippen LogP contribution is 2.23. The molecule has 1 aliphatic heterocycles. The van der Waals surface area contributed by atoms with Crippen LogP contribution in [0, 0.1) is 6.92 Å². The first-order valence-corrected chi connectivity index (χ1v) is 10.9. The molecule has 0 saturated carbocycles. The quantitative estimate of drug-likeness (QED) is 0.501. The molecule has 0 aliphatic carbocycles. The minimum absolute atomic E-state index is 0.128. The molecule has 6 nitrogen and oxygen atoms in total. The van der Waals surface area contributed by atoms with Crippen LogP contribution in [-0.2, 0) is 4.79 Å². The van der Waals surface area contributed by atoms with E-state index in [1.165, 1.54) is 18.5 Å². The maximum atomic E-state index is 12.4. The fraction of sp³-hybridized carbons (Fsp3) is 0.231. The number of hydrogen-bond acceptors (Lipinski definition) is 4. The smallest absolute Gasteiger partial charge is 0.255 e. The average Bonchev–Trinajstić information content (AvgIpc) is 3.35. The van der Waals surface area contributed by atoms with Gasteiger partial charge in [-0.05, 0) is 73.9 Å². The van der Waals surface area contributed by atoms with Crippen LogP contribution in [-0.4, -0.2) is 31.4 Å². The summed E-state index contributed by atoms with van der Waals surface area (Å²) in [7, 11) is 0. The van der Waals surface area contributed by atoms with E-state index in [2.05, 4.69) is 33.0 Å². The molecule has 1 fully saturated rings. The Balaban J connectivity index is 1.32. The van der Waals surface area contributed by atoms with Crippen LogP contribution in [0.1, 0.15) is 28.8 Å². The molecule has 0 radical (unpaired) electrons. The van der Waals surface area contributed by atoms with Crippen molar-refractivity contribution in [2.45, 2.75) is 19.8 Å². The molecule has 1 saturated heterocycles. The Labute approximate surface area is 188 Å². The molecule has 4 rings (SSSR count). The van der Waals surface area contributed by atoms with Crippen LogP contribution in [0.25, 0.3) is 0 Å². The lowest BCUT2D eigenvalue weighted by Crippen LogP contribution is -2.22. The minimum atomic E-state index is -0.171. The van der Waals surface area contributed by atoms with Gasteiger partial charge in [-0.15, -0.1) is 0 Å².